The van der Waals surface area contributed by atoms with E-state index in [4.69, 9.17) is 26.9 Å². The minimum atomic E-state index is 0.541. The lowest BCUT2D eigenvalue weighted by Crippen LogP contribution is -2.42. The number of anilines is 3. The molecule has 1 fully saturated rings. The van der Waals surface area contributed by atoms with E-state index in [1.165, 1.54) is 22.3 Å². The average molecular weight is 530 g/mol. The van der Waals surface area contributed by atoms with Crippen molar-refractivity contribution in [1.29, 1.82) is 0 Å². The van der Waals surface area contributed by atoms with Gasteiger partial charge < -0.3 is 25.2 Å². The summed E-state index contributed by atoms with van der Waals surface area (Å²) in [7, 11) is 0. The number of ether oxygens (including phenoxy) is 1. The van der Waals surface area contributed by atoms with E-state index in [2.05, 4.69) is 79.9 Å². The van der Waals surface area contributed by atoms with Crippen molar-refractivity contribution < 1.29 is 4.74 Å². The van der Waals surface area contributed by atoms with Gasteiger partial charge in [0.2, 0.25) is 5.95 Å². The van der Waals surface area contributed by atoms with E-state index in [0.717, 1.165) is 90.0 Å². The molecule has 0 unspecified atom stereocenters. The molecule has 198 valence electrons. The molecule has 6 rings (SSSR count). The molecule has 0 amide bonds. The number of fused-ring (bicyclic) bond motifs is 2. The van der Waals surface area contributed by atoms with Gasteiger partial charge in [0.25, 0.3) is 0 Å². The van der Waals surface area contributed by atoms with Crippen LogP contribution in [0.3, 0.4) is 0 Å². The van der Waals surface area contributed by atoms with Gasteiger partial charge in [-0.1, -0.05) is 48.5 Å². The number of hydrogen-bond acceptors (Lipinski definition) is 7. The maximum Gasteiger partial charge on any atom is 0.232 e. The van der Waals surface area contributed by atoms with Crippen LogP contribution >= 0.6 is 12.2 Å². The Morgan fingerprint density at radius 2 is 1.34 bits per heavy atom. The topological polar surface area (TPSA) is 68.8 Å². The molecule has 2 aromatic carbocycles. The Labute approximate surface area is 230 Å². The molecule has 0 bridgehead atoms. The van der Waals surface area contributed by atoms with Crippen molar-refractivity contribution in [3.05, 3.63) is 76.9 Å². The van der Waals surface area contributed by atoms with E-state index in [9.17, 15) is 0 Å². The lowest BCUT2D eigenvalue weighted by atomic mass is 9.99. The highest BCUT2D eigenvalue weighted by Gasteiger charge is 2.23. The van der Waals surface area contributed by atoms with Crippen LogP contribution < -0.4 is 20.4 Å². The number of thiocarbonyl (C=S) groups is 1. The van der Waals surface area contributed by atoms with E-state index >= 15 is 0 Å². The molecule has 3 aliphatic heterocycles. The van der Waals surface area contributed by atoms with Crippen molar-refractivity contribution in [2.75, 3.05) is 67.6 Å². The van der Waals surface area contributed by atoms with Gasteiger partial charge in [0.15, 0.2) is 5.11 Å². The first kappa shape index (κ1) is 25.0. The molecule has 0 atom stereocenters. The third kappa shape index (κ3) is 5.90. The minimum Gasteiger partial charge on any atom is -0.379 e. The summed E-state index contributed by atoms with van der Waals surface area (Å²) in [6.45, 7) is 8.77. The average Bonchev–Trinajstić information content (AvgIpc) is 2.97. The molecular weight excluding hydrogens is 494 g/mol. The standard InChI is InChI=1S/C29H35N7OS/c38-29(30-11-14-34-15-17-37-18-16-34)33-28-31-26(35-12-9-22-5-1-3-7-24(22)20-35)19-27(32-28)36-13-10-23-6-2-4-8-25(23)21-36/h1-8,19H,9-18,20-21H2,(H2,30,31,32,33,38). The SMILES string of the molecule is S=C(NCCN1CCOCC1)Nc1nc(N2CCc3ccccc3C2)cc(N2CCc3ccccc3C2)n1. The molecule has 0 aliphatic carbocycles. The van der Waals surface area contributed by atoms with Crippen LogP contribution in [0.15, 0.2) is 54.6 Å². The van der Waals surface area contributed by atoms with Crippen molar-refractivity contribution in [2.24, 2.45) is 0 Å². The number of hydrogen-bond donors (Lipinski definition) is 2. The molecule has 1 saturated heterocycles. The van der Waals surface area contributed by atoms with Gasteiger partial charge in [0.05, 0.1) is 13.2 Å². The van der Waals surface area contributed by atoms with Crippen molar-refractivity contribution in [1.82, 2.24) is 20.2 Å². The Bertz CT molecular complexity index is 1200. The first-order valence-electron chi connectivity index (χ1n) is 13.6. The van der Waals surface area contributed by atoms with E-state index < -0.39 is 0 Å². The van der Waals surface area contributed by atoms with Crippen LogP contribution in [-0.4, -0.2) is 72.5 Å². The van der Waals surface area contributed by atoms with Crippen LogP contribution in [-0.2, 0) is 30.7 Å². The van der Waals surface area contributed by atoms with Crippen LogP contribution in [0, 0.1) is 0 Å². The molecule has 8 nitrogen and oxygen atoms in total. The van der Waals surface area contributed by atoms with Crippen LogP contribution in [0.2, 0.25) is 0 Å². The fourth-order valence-corrected chi connectivity index (χ4v) is 5.68. The normalized spacial score (nSPS) is 17.5. The van der Waals surface area contributed by atoms with E-state index in [0.29, 0.717) is 11.1 Å². The molecular formula is C29H35N7OS. The van der Waals surface area contributed by atoms with Gasteiger partial charge >= 0.3 is 0 Å². The Balaban J connectivity index is 1.20. The summed E-state index contributed by atoms with van der Waals surface area (Å²) in [6, 6.07) is 19.5. The Hall–Kier alpha value is -3.27. The highest BCUT2D eigenvalue weighted by atomic mass is 32.1. The predicted molar refractivity (Wildman–Crippen MR) is 156 cm³/mol. The first-order chi connectivity index (χ1) is 18.7. The largest absolute Gasteiger partial charge is 0.379 e. The number of nitrogens with one attached hydrogen (secondary N) is 2. The van der Waals surface area contributed by atoms with E-state index in [1.807, 2.05) is 0 Å². The van der Waals surface area contributed by atoms with Gasteiger partial charge in [-0.15, -0.1) is 0 Å². The van der Waals surface area contributed by atoms with Gasteiger partial charge in [0, 0.05) is 58.4 Å². The molecule has 38 heavy (non-hydrogen) atoms. The summed E-state index contributed by atoms with van der Waals surface area (Å²) in [4.78, 5) is 17.0. The second kappa shape index (κ2) is 11.6. The van der Waals surface area contributed by atoms with Gasteiger partial charge in [-0.05, 0) is 47.3 Å². The maximum absolute atomic E-state index is 5.63. The number of rotatable bonds is 6. The molecule has 2 N–H and O–H groups in total. The van der Waals surface area contributed by atoms with Crippen LogP contribution in [0.5, 0.6) is 0 Å². The number of nitrogens with zero attached hydrogens (tertiary/aromatic N) is 5. The third-order valence-electron chi connectivity index (χ3n) is 7.65. The van der Waals surface area contributed by atoms with Crippen molar-refractivity contribution in [2.45, 2.75) is 25.9 Å². The molecule has 4 heterocycles. The molecule has 0 radical (unpaired) electrons. The van der Waals surface area contributed by atoms with Crippen molar-refractivity contribution >= 4 is 34.9 Å². The first-order valence-corrected chi connectivity index (χ1v) is 14.0. The molecule has 0 spiro atoms. The quantitative estimate of drug-likeness (QED) is 0.469. The van der Waals surface area contributed by atoms with Crippen LogP contribution in [0.4, 0.5) is 17.6 Å². The van der Waals surface area contributed by atoms with Crippen LogP contribution in [0.25, 0.3) is 0 Å². The second-order valence-electron chi connectivity index (χ2n) is 10.1. The molecule has 3 aliphatic rings. The van der Waals surface area contributed by atoms with Gasteiger partial charge in [-0.2, -0.15) is 9.97 Å². The monoisotopic (exact) mass is 529 g/mol. The molecule has 3 aromatic rings. The van der Waals surface area contributed by atoms with Crippen molar-refractivity contribution in [3.63, 3.8) is 0 Å². The van der Waals surface area contributed by atoms with Crippen molar-refractivity contribution in [3.8, 4) is 0 Å². The zero-order valence-electron chi connectivity index (χ0n) is 21.7. The summed E-state index contributed by atoms with van der Waals surface area (Å²) in [6.07, 6.45) is 2.02. The van der Waals surface area contributed by atoms with Gasteiger partial charge in [-0.25, -0.2) is 0 Å². The minimum absolute atomic E-state index is 0.541. The van der Waals surface area contributed by atoms with Gasteiger partial charge in [-0.3, -0.25) is 4.90 Å². The zero-order valence-corrected chi connectivity index (χ0v) is 22.6. The second-order valence-corrected chi connectivity index (χ2v) is 10.5. The summed E-state index contributed by atoms with van der Waals surface area (Å²) >= 11 is 5.63. The molecule has 0 saturated carbocycles. The molecule has 9 heteroatoms. The highest BCUT2D eigenvalue weighted by Crippen LogP contribution is 2.29. The number of benzene rings is 2. The van der Waals surface area contributed by atoms with Crippen LogP contribution in [0.1, 0.15) is 22.3 Å². The summed E-state index contributed by atoms with van der Waals surface area (Å²) in [5.41, 5.74) is 5.57. The summed E-state index contributed by atoms with van der Waals surface area (Å²) < 4.78 is 5.44. The maximum atomic E-state index is 5.63. The fraction of sp³-hybridized carbons (Fsp3) is 0.414. The summed E-state index contributed by atoms with van der Waals surface area (Å²) in [5, 5.41) is 7.16. The Morgan fingerprint density at radius 3 is 1.92 bits per heavy atom. The van der Waals surface area contributed by atoms with Gasteiger partial charge in [0.1, 0.15) is 11.6 Å². The zero-order chi connectivity index (χ0) is 25.7. The molecule has 1 aromatic heterocycles. The fourth-order valence-electron chi connectivity index (χ4n) is 5.48. The van der Waals surface area contributed by atoms with E-state index in [1.54, 1.807) is 0 Å². The number of morpholine rings is 1. The predicted octanol–water partition coefficient (Wildman–Crippen LogP) is 3.22. The Morgan fingerprint density at radius 1 is 0.789 bits per heavy atom. The smallest absolute Gasteiger partial charge is 0.232 e. The highest BCUT2D eigenvalue weighted by molar-refractivity contribution is 7.80. The third-order valence-corrected chi connectivity index (χ3v) is 7.90. The Kier molecular flexibility index (Phi) is 7.66. The lowest BCUT2D eigenvalue weighted by Gasteiger charge is -2.33. The lowest BCUT2D eigenvalue weighted by molar-refractivity contribution is 0.0389. The van der Waals surface area contributed by atoms with E-state index in [-0.39, 0.29) is 0 Å². The number of aromatic nitrogens is 2. The summed E-state index contributed by atoms with van der Waals surface area (Å²) in [5.74, 6) is 2.41.